The summed E-state index contributed by atoms with van der Waals surface area (Å²) < 4.78 is 28.4. The first-order valence-corrected chi connectivity index (χ1v) is 8.70. The molecule has 1 aromatic carbocycles. The lowest BCUT2D eigenvalue weighted by molar-refractivity contribution is 0.0527. The van der Waals surface area contributed by atoms with Gasteiger partial charge in [0.25, 0.3) is 0 Å². The number of carbonyl (C=O) groups is 1. The Bertz CT molecular complexity index is 642. The zero-order valence-corrected chi connectivity index (χ0v) is 13.0. The third kappa shape index (κ3) is 3.29. The maximum Gasteiger partial charge on any atom is 0.340 e. The standard InChI is InChI=1S/C14H20N2O4S/c1-3-20-14(17)11-5-4-6-12(15)13(11)16-7-8-21(18,19)9-10(16)2/h4-6,10H,3,7-9,15H2,1-2H3. The number of carbonyl (C=O) groups excluding carboxylic acids is 1. The highest BCUT2D eigenvalue weighted by atomic mass is 32.2. The number of sulfone groups is 1. The first-order chi connectivity index (χ1) is 9.85. The molecule has 2 N–H and O–H groups in total. The smallest absolute Gasteiger partial charge is 0.340 e. The summed E-state index contributed by atoms with van der Waals surface area (Å²) in [5, 5.41) is 0. The normalized spacial score (nSPS) is 21.0. The summed E-state index contributed by atoms with van der Waals surface area (Å²) in [6.45, 7) is 4.15. The third-order valence-electron chi connectivity index (χ3n) is 3.52. The maximum absolute atomic E-state index is 12.1. The van der Waals surface area contributed by atoms with Gasteiger partial charge in [0.15, 0.2) is 9.84 Å². The van der Waals surface area contributed by atoms with Crippen LogP contribution in [0.5, 0.6) is 0 Å². The zero-order valence-electron chi connectivity index (χ0n) is 12.2. The molecule has 0 aliphatic carbocycles. The molecule has 0 bridgehead atoms. The van der Waals surface area contributed by atoms with E-state index in [-0.39, 0.29) is 24.2 Å². The van der Waals surface area contributed by atoms with E-state index < -0.39 is 15.8 Å². The first-order valence-electron chi connectivity index (χ1n) is 6.88. The van der Waals surface area contributed by atoms with Crippen molar-refractivity contribution < 1.29 is 17.9 Å². The van der Waals surface area contributed by atoms with Gasteiger partial charge in [-0.3, -0.25) is 0 Å². The Morgan fingerprint density at radius 3 is 2.81 bits per heavy atom. The largest absolute Gasteiger partial charge is 0.462 e. The molecule has 0 aromatic heterocycles. The van der Waals surface area contributed by atoms with Crippen molar-refractivity contribution >= 4 is 27.2 Å². The number of hydrogen-bond acceptors (Lipinski definition) is 6. The van der Waals surface area contributed by atoms with Crippen molar-refractivity contribution in [2.24, 2.45) is 0 Å². The number of rotatable bonds is 3. The van der Waals surface area contributed by atoms with Crippen LogP contribution in [0.3, 0.4) is 0 Å². The van der Waals surface area contributed by atoms with Crippen molar-refractivity contribution in [2.75, 3.05) is 35.3 Å². The lowest BCUT2D eigenvalue weighted by Gasteiger charge is -2.36. The average molecular weight is 312 g/mol. The molecular weight excluding hydrogens is 292 g/mol. The van der Waals surface area contributed by atoms with Crippen molar-refractivity contribution in [1.82, 2.24) is 0 Å². The molecule has 116 valence electrons. The topological polar surface area (TPSA) is 89.7 Å². The Kier molecular flexibility index (Phi) is 4.41. The number of benzene rings is 1. The summed E-state index contributed by atoms with van der Waals surface area (Å²) in [5.74, 6) is -0.321. The molecule has 0 saturated carbocycles. The van der Waals surface area contributed by atoms with Crippen LogP contribution in [0.2, 0.25) is 0 Å². The fourth-order valence-corrected chi connectivity index (χ4v) is 4.14. The Morgan fingerprint density at radius 1 is 1.48 bits per heavy atom. The summed E-state index contributed by atoms with van der Waals surface area (Å²) >= 11 is 0. The van der Waals surface area contributed by atoms with Crippen LogP contribution in [0.1, 0.15) is 24.2 Å². The minimum Gasteiger partial charge on any atom is -0.462 e. The van der Waals surface area contributed by atoms with E-state index in [9.17, 15) is 13.2 Å². The molecule has 0 amide bonds. The van der Waals surface area contributed by atoms with Gasteiger partial charge >= 0.3 is 5.97 Å². The highest BCUT2D eigenvalue weighted by Crippen LogP contribution is 2.32. The molecule has 1 atom stereocenters. The minimum atomic E-state index is -3.03. The van der Waals surface area contributed by atoms with E-state index in [4.69, 9.17) is 10.5 Å². The van der Waals surface area contributed by atoms with Crippen LogP contribution in [0, 0.1) is 0 Å². The number of anilines is 2. The van der Waals surface area contributed by atoms with Gasteiger partial charge in [0.1, 0.15) is 0 Å². The SMILES string of the molecule is CCOC(=O)c1cccc(N)c1N1CCS(=O)(=O)CC1C. The van der Waals surface area contributed by atoms with Crippen molar-refractivity contribution in [2.45, 2.75) is 19.9 Å². The molecule has 0 spiro atoms. The number of ether oxygens (including phenoxy) is 1. The molecular formula is C14H20N2O4S. The Labute approximate surface area is 124 Å². The summed E-state index contributed by atoms with van der Waals surface area (Å²) in [6, 6.07) is 4.81. The van der Waals surface area contributed by atoms with E-state index in [0.29, 0.717) is 23.5 Å². The summed E-state index contributed by atoms with van der Waals surface area (Å²) in [7, 11) is -3.03. The van der Waals surface area contributed by atoms with Crippen molar-refractivity contribution in [3.63, 3.8) is 0 Å². The van der Waals surface area contributed by atoms with E-state index in [1.165, 1.54) is 0 Å². The Morgan fingerprint density at radius 2 is 2.19 bits per heavy atom. The number of nitrogens with two attached hydrogens (primary N) is 1. The van der Waals surface area contributed by atoms with Gasteiger partial charge in [-0.1, -0.05) is 6.07 Å². The van der Waals surface area contributed by atoms with E-state index in [1.807, 2.05) is 11.8 Å². The van der Waals surface area contributed by atoms with Crippen LogP contribution in [0.4, 0.5) is 11.4 Å². The quantitative estimate of drug-likeness (QED) is 0.663. The first kappa shape index (κ1) is 15.6. The molecule has 7 heteroatoms. The lowest BCUT2D eigenvalue weighted by Crippen LogP contribution is -2.47. The van der Waals surface area contributed by atoms with Gasteiger partial charge in [0.05, 0.1) is 35.1 Å². The van der Waals surface area contributed by atoms with Crippen LogP contribution in [0.25, 0.3) is 0 Å². The third-order valence-corrected chi connectivity index (χ3v) is 5.32. The van der Waals surface area contributed by atoms with Gasteiger partial charge in [-0.25, -0.2) is 13.2 Å². The molecule has 1 saturated heterocycles. The number of nitrogen functional groups attached to an aromatic ring is 1. The second-order valence-electron chi connectivity index (χ2n) is 5.12. The van der Waals surface area contributed by atoms with Gasteiger partial charge in [-0.05, 0) is 26.0 Å². The van der Waals surface area contributed by atoms with Crippen LogP contribution < -0.4 is 10.6 Å². The van der Waals surface area contributed by atoms with Crippen LogP contribution in [0.15, 0.2) is 18.2 Å². The van der Waals surface area contributed by atoms with E-state index in [1.54, 1.807) is 25.1 Å². The summed E-state index contributed by atoms with van der Waals surface area (Å²) in [4.78, 5) is 13.9. The predicted octanol–water partition coefficient (Wildman–Crippen LogP) is 1.07. The number of hydrogen-bond donors (Lipinski definition) is 1. The average Bonchev–Trinajstić information content (AvgIpc) is 2.39. The predicted molar refractivity (Wildman–Crippen MR) is 82.3 cm³/mol. The molecule has 0 radical (unpaired) electrons. The van der Waals surface area contributed by atoms with Crippen molar-refractivity contribution in [3.05, 3.63) is 23.8 Å². The van der Waals surface area contributed by atoms with Gasteiger partial charge in [0.2, 0.25) is 0 Å². The Hall–Kier alpha value is -1.76. The zero-order chi connectivity index (χ0) is 15.6. The molecule has 2 rings (SSSR count). The molecule has 1 aliphatic heterocycles. The fourth-order valence-electron chi connectivity index (χ4n) is 2.59. The van der Waals surface area contributed by atoms with Gasteiger partial charge < -0.3 is 15.4 Å². The molecule has 1 aromatic rings. The molecule has 1 fully saturated rings. The molecule has 21 heavy (non-hydrogen) atoms. The molecule has 1 unspecified atom stereocenters. The van der Waals surface area contributed by atoms with Gasteiger partial charge in [-0.2, -0.15) is 0 Å². The van der Waals surface area contributed by atoms with Crippen molar-refractivity contribution in [3.8, 4) is 0 Å². The van der Waals surface area contributed by atoms with Gasteiger partial charge in [-0.15, -0.1) is 0 Å². The van der Waals surface area contributed by atoms with Crippen LogP contribution >= 0.6 is 0 Å². The second kappa shape index (κ2) is 5.93. The van der Waals surface area contributed by atoms with E-state index in [2.05, 4.69) is 0 Å². The minimum absolute atomic E-state index is 0.0591. The summed E-state index contributed by atoms with van der Waals surface area (Å²) in [5.41, 5.74) is 7.41. The van der Waals surface area contributed by atoms with Gasteiger partial charge in [0, 0.05) is 12.6 Å². The van der Waals surface area contributed by atoms with E-state index >= 15 is 0 Å². The summed E-state index contributed by atoms with van der Waals surface area (Å²) in [6.07, 6.45) is 0. The molecule has 1 aliphatic rings. The number of para-hydroxylation sites is 1. The van der Waals surface area contributed by atoms with Crippen LogP contribution in [-0.4, -0.2) is 45.1 Å². The number of nitrogens with zero attached hydrogens (tertiary/aromatic N) is 1. The highest BCUT2D eigenvalue weighted by molar-refractivity contribution is 7.91. The Balaban J connectivity index is 2.41. The van der Waals surface area contributed by atoms with Crippen LogP contribution in [-0.2, 0) is 14.6 Å². The lowest BCUT2D eigenvalue weighted by atomic mass is 10.1. The highest BCUT2D eigenvalue weighted by Gasteiger charge is 2.31. The van der Waals surface area contributed by atoms with Crippen molar-refractivity contribution in [1.29, 1.82) is 0 Å². The monoisotopic (exact) mass is 312 g/mol. The number of esters is 1. The maximum atomic E-state index is 12.1. The van der Waals surface area contributed by atoms with E-state index in [0.717, 1.165) is 0 Å². The fraction of sp³-hybridized carbons (Fsp3) is 0.500. The second-order valence-corrected chi connectivity index (χ2v) is 7.35. The molecule has 6 nitrogen and oxygen atoms in total. The molecule has 1 heterocycles.